The Balaban J connectivity index is 2.73. The van der Waals surface area contributed by atoms with Crippen LogP contribution in [-0.2, 0) is 4.74 Å². The van der Waals surface area contributed by atoms with Crippen LogP contribution in [0.25, 0.3) is 0 Å². The van der Waals surface area contributed by atoms with Crippen molar-refractivity contribution in [2.24, 2.45) is 5.84 Å². The fourth-order valence-corrected chi connectivity index (χ4v) is 1.42. The van der Waals surface area contributed by atoms with Gasteiger partial charge in [-0.15, -0.1) is 0 Å². The summed E-state index contributed by atoms with van der Waals surface area (Å²) in [6.45, 7) is -0.449. The van der Waals surface area contributed by atoms with Crippen molar-refractivity contribution in [1.29, 1.82) is 0 Å². The molecule has 7 nitrogen and oxygen atoms in total. The highest BCUT2D eigenvalue weighted by molar-refractivity contribution is 4.90. The first-order valence-electron chi connectivity index (χ1n) is 4.27. The summed E-state index contributed by atoms with van der Waals surface area (Å²) in [5.41, 5.74) is 0. The lowest BCUT2D eigenvalue weighted by atomic mass is 9.98. The number of rotatable bonds is 2. The van der Waals surface area contributed by atoms with Gasteiger partial charge in [0.2, 0.25) is 0 Å². The number of aliphatic hydroxyl groups excluding tert-OH is 4. The molecular formula is C7H16N2O5. The molecule has 1 saturated heterocycles. The molecule has 1 rings (SSSR count). The average Bonchev–Trinajstić information content (AvgIpc) is 2.14. The van der Waals surface area contributed by atoms with Crippen molar-refractivity contribution in [2.75, 3.05) is 13.7 Å². The SMILES string of the molecule is CN(N)C1OC(CO)C(O)C(O)C1O. The largest absolute Gasteiger partial charge is 0.394 e. The predicted molar refractivity (Wildman–Crippen MR) is 45.7 cm³/mol. The minimum atomic E-state index is -1.38. The number of hydrazine groups is 1. The fraction of sp³-hybridized carbons (Fsp3) is 1.00. The summed E-state index contributed by atoms with van der Waals surface area (Å²) in [4.78, 5) is 0. The van der Waals surface area contributed by atoms with Gasteiger partial charge in [0.05, 0.1) is 6.61 Å². The van der Waals surface area contributed by atoms with E-state index in [9.17, 15) is 15.3 Å². The predicted octanol–water partition coefficient (Wildman–Crippen LogP) is -3.41. The monoisotopic (exact) mass is 208 g/mol. The molecule has 14 heavy (non-hydrogen) atoms. The van der Waals surface area contributed by atoms with E-state index >= 15 is 0 Å². The van der Waals surface area contributed by atoms with E-state index in [1.807, 2.05) is 0 Å². The van der Waals surface area contributed by atoms with Crippen LogP contribution in [0.2, 0.25) is 0 Å². The Bertz CT molecular complexity index is 189. The van der Waals surface area contributed by atoms with Crippen LogP contribution in [0, 0.1) is 0 Å². The normalized spacial score (nSPS) is 44.4. The maximum absolute atomic E-state index is 9.45. The summed E-state index contributed by atoms with van der Waals surface area (Å²) in [7, 11) is 1.45. The Morgan fingerprint density at radius 1 is 1.21 bits per heavy atom. The highest BCUT2D eigenvalue weighted by Crippen LogP contribution is 2.21. The van der Waals surface area contributed by atoms with Gasteiger partial charge < -0.3 is 25.2 Å². The second-order valence-corrected chi connectivity index (χ2v) is 3.38. The van der Waals surface area contributed by atoms with Gasteiger partial charge in [-0.2, -0.15) is 0 Å². The van der Waals surface area contributed by atoms with Crippen molar-refractivity contribution in [3.63, 3.8) is 0 Å². The Morgan fingerprint density at radius 3 is 2.21 bits per heavy atom. The summed E-state index contributed by atoms with van der Waals surface area (Å²) in [6.07, 6.45) is -5.87. The van der Waals surface area contributed by atoms with Crippen molar-refractivity contribution in [3.8, 4) is 0 Å². The number of nitrogens with zero attached hydrogens (tertiary/aromatic N) is 1. The Kier molecular flexibility index (Phi) is 3.78. The van der Waals surface area contributed by atoms with Crippen LogP contribution in [0.4, 0.5) is 0 Å². The van der Waals surface area contributed by atoms with Crippen molar-refractivity contribution < 1.29 is 25.2 Å². The minimum Gasteiger partial charge on any atom is -0.394 e. The van der Waals surface area contributed by atoms with Gasteiger partial charge in [-0.25, -0.2) is 5.01 Å². The van der Waals surface area contributed by atoms with Crippen LogP contribution < -0.4 is 5.84 Å². The summed E-state index contributed by atoms with van der Waals surface area (Å²) >= 11 is 0. The highest BCUT2D eigenvalue weighted by Gasteiger charge is 2.44. The maximum atomic E-state index is 9.45. The molecule has 0 saturated carbocycles. The van der Waals surface area contributed by atoms with Crippen molar-refractivity contribution in [1.82, 2.24) is 5.01 Å². The molecule has 6 N–H and O–H groups in total. The molecule has 5 atom stereocenters. The molecule has 0 aromatic heterocycles. The number of hydrogen-bond donors (Lipinski definition) is 5. The zero-order valence-corrected chi connectivity index (χ0v) is 7.82. The van der Waals surface area contributed by atoms with E-state index in [2.05, 4.69) is 0 Å². The minimum absolute atomic E-state index is 0.449. The van der Waals surface area contributed by atoms with Crippen LogP contribution in [0.1, 0.15) is 0 Å². The van der Waals surface area contributed by atoms with E-state index in [1.165, 1.54) is 7.05 Å². The van der Waals surface area contributed by atoms with Gasteiger partial charge in [-0.05, 0) is 0 Å². The lowest BCUT2D eigenvalue weighted by molar-refractivity contribution is -0.262. The summed E-state index contributed by atoms with van der Waals surface area (Å²) < 4.78 is 5.08. The smallest absolute Gasteiger partial charge is 0.151 e. The Labute approximate surface area is 81.3 Å². The topological polar surface area (TPSA) is 119 Å². The number of hydrogen-bond acceptors (Lipinski definition) is 7. The zero-order valence-electron chi connectivity index (χ0n) is 7.82. The number of aliphatic hydroxyl groups is 4. The molecule has 0 aliphatic carbocycles. The molecule has 0 amide bonds. The molecule has 1 heterocycles. The second-order valence-electron chi connectivity index (χ2n) is 3.38. The van der Waals surface area contributed by atoms with Crippen LogP contribution >= 0.6 is 0 Å². The van der Waals surface area contributed by atoms with Gasteiger partial charge >= 0.3 is 0 Å². The third-order valence-electron chi connectivity index (χ3n) is 2.27. The molecule has 0 radical (unpaired) electrons. The number of ether oxygens (including phenoxy) is 1. The third kappa shape index (κ3) is 2.04. The molecule has 0 aromatic rings. The molecule has 0 bridgehead atoms. The van der Waals surface area contributed by atoms with Gasteiger partial charge in [0.1, 0.15) is 24.4 Å². The first-order valence-corrected chi connectivity index (χ1v) is 4.27. The summed E-state index contributed by atoms with van der Waals surface area (Å²) in [5, 5.41) is 38.1. The van der Waals surface area contributed by atoms with Crippen molar-refractivity contribution in [3.05, 3.63) is 0 Å². The lowest BCUT2D eigenvalue weighted by Crippen LogP contribution is -2.63. The standard InChI is InChI=1S/C7H16N2O5/c1-9(8)7-6(13)5(12)4(11)3(2-10)14-7/h3-7,10-13H,2,8H2,1H3. The van der Waals surface area contributed by atoms with E-state index in [0.29, 0.717) is 0 Å². The van der Waals surface area contributed by atoms with Crippen molar-refractivity contribution >= 4 is 0 Å². The van der Waals surface area contributed by atoms with E-state index in [0.717, 1.165) is 5.01 Å². The number of nitrogens with two attached hydrogens (primary N) is 1. The van der Waals surface area contributed by atoms with Crippen LogP contribution in [0.5, 0.6) is 0 Å². The highest BCUT2D eigenvalue weighted by atomic mass is 16.6. The molecule has 5 unspecified atom stereocenters. The zero-order chi connectivity index (χ0) is 10.9. The van der Waals surface area contributed by atoms with E-state index in [4.69, 9.17) is 15.7 Å². The molecule has 7 heteroatoms. The molecule has 0 aromatic carbocycles. The van der Waals surface area contributed by atoms with Gasteiger partial charge in [-0.1, -0.05) is 0 Å². The fourth-order valence-electron chi connectivity index (χ4n) is 1.42. The second kappa shape index (κ2) is 4.49. The molecule has 1 aliphatic heterocycles. The maximum Gasteiger partial charge on any atom is 0.151 e. The van der Waals surface area contributed by atoms with E-state index < -0.39 is 37.3 Å². The van der Waals surface area contributed by atoms with E-state index in [-0.39, 0.29) is 0 Å². The Morgan fingerprint density at radius 2 is 1.79 bits per heavy atom. The van der Waals surface area contributed by atoms with Gasteiger partial charge in [0.15, 0.2) is 6.23 Å². The Hall–Kier alpha value is -0.280. The van der Waals surface area contributed by atoms with Gasteiger partial charge in [0, 0.05) is 7.05 Å². The molecule has 84 valence electrons. The van der Waals surface area contributed by atoms with Crippen molar-refractivity contribution in [2.45, 2.75) is 30.6 Å². The summed E-state index contributed by atoms with van der Waals surface area (Å²) in [6, 6.07) is 0. The van der Waals surface area contributed by atoms with E-state index in [1.54, 1.807) is 0 Å². The molecule has 0 spiro atoms. The summed E-state index contributed by atoms with van der Waals surface area (Å²) in [5.74, 6) is 5.36. The quantitative estimate of drug-likeness (QED) is 0.237. The average molecular weight is 208 g/mol. The molecule has 1 aliphatic rings. The van der Waals surface area contributed by atoms with Crippen LogP contribution in [0.15, 0.2) is 0 Å². The molecule has 1 fully saturated rings. The first kappa shape index (κ1) is 11.8. The first-order chi connectivity index (χ1) is 6.49. The number of likely N-dealkylation sites (N-methyl/N-ethyl adjacent to an activating group) is 1. The van der Waals surface area contributed by atoms with Gasteiger partial charge in [-0.3, -0.25) is 5.84 Å². The van der Waals surface area contributed by atoms with Crippen LogP contribution in [0.3, 0.4) is 0 Å². The van der Waals surface area contributed by atoms with Gasteiger partial charge in [0.25, 0.3) is 0 Å². The van der Waals surface area contributed by atoms with Crippen LogP contribution in [-0.4, -0.2) is 69.7 Å². The third-order valence-corrected chi connectivity index (χ3v) is 2.27. The molecular weight excluding hydrogens is 192 g/mol. The lowest BCUT2D eigenvalue weighted by Gasteiger charge is -2.42.